The number of nitrogens with zero attached hydrogens (tertiary/aromatic N) is 3. The van der Waals surface area contributed by atoms with Crippen LogP contribution in [0.15, 0.2) is 102 Å². The summed E-state index contributed by atoms with van der Waals surface area (Å²) in [6.45, 7) is 0. The molecule has 0 fully saturated rings. The van der Waals surface area contributed by atoms with Gasteiger partial charge in [0.05, 0.1) is 22.2 Å². The van der Waals surface area contributed by atoms with E-state index < -0.39 is 0 Å². The molecule has 0 aliphatic rings. The monoisotopic (exact) mass is 461 g/mol. The Hall–Kier alpha value is -3.63. The first-order chi connectivity index (χ1) is 15.3. The zero-order valence-electron chi connectivity index (χ0n) is 16.5. The van der Waals surface area contributed by atoms with E-state index in [1.165, 1.54) is 0 Å². The Bertz CT molecular complexity index is 1590. The normalized spacial score (nSPS) is 11.4. The van der Waals surface area contributed by atoms with E-state index in [2.05, 4.69) is 92.6 Å². The summed E-state index contributed by atoms with van der Waals surface area (Å²) in [5, 5.41) is 3.33. The highest BCUT2D eigenvalue weighted by atomic mass is 79.9. The second-order valence-electron chi connectivity index (χ2n) is 7.51. The highest BCUT2D eigenvalue weighted by Crippen LogP contribution is 2.32. The fourth-order valence-electron chi connectivity index (χ4n) is 4.08. The zero-order valence-corrected chi connectivity index (χ0v) is 18.0. The topological polar surface area (TPSA) is 38.7 Å². The van der Waals surface area contributed by atoms with Crippen molar-refractivity contribution in [3.63, 3.8) is 0 Å². The highest BCUT2D eigenvalue weighted by molar-refractivity contribution is 9.10. The molecule has 0 atom stereocenters. The predicted octanol–water partition coefficient (Wildman–Crippen LogP) is 7.43. The van der Waals surface area contributed by atoms with Crippen molar-refractivity contribution in [1.29, 1.82) is 0 Å². The Balaban J connectivity index is 1.44. The Labute approximate surface area is 187 Å². The van der Waals surface area contributed by atoms with Crippen molar-refractivity contribution in [3.05, 3.63) is 102 Å². The van der Waals surface area contributed by atoms with Gasteiger partial charge in [-0.05, 0) is 47.5 Å². The molecule has 0 N–H and O–H groups in total. The van der Waals surface area contributed by atoms with Crippen molar-refractivity contribution in [1.82, 2.24) is 15.0 Å². The van der Waals surface area contributed by atoms with Crippen LogP contribution >= 0.6 is 15.9 Å². The van der Waals surface area contributed by atoms with E-state index >= 15 is 0 Å². The molecule has 3 aromatic heterocycles. The first-order valence-electron chi connectivity index (χ1n) is 10.1. The molecule has 0 amide bonds. The lowest BCUT2D eigenvalue weighted by Gasteiger charge is -2.09. The maximum absolute atomic E-state index is 4.83. The van der Waals surface area contributed by atoms with E-state index in [1.54, 1.807) is 0 Å². The van der Waals surface area contributed by atoms with Gasteiger partial charge in [0.25, 0.3) is 0 Å². The molecule has 0 bridgehead atoms. The molecule has 3 heterocycles. The Morgan fingerprint density at radius 2 is 1.42 bits per heavy atom. The summed E-state index contributed by atoms with van der Waals surface area (Å²) in [4.78, 5) is 14.0. The van der Waals surface area contributed by atoms with Crippen LogP contribution in [0, 0.1) is 0 Å². The molecule has 6 rings (SSSR count). The molecule has 0 aliphatic carbocycles. The number of fused-ring (bicyclic) bond motifs is 4. The molecule has 4 heteroatoms. The van der Waals surface area contributed by atoms with Crippen LogP contribution in [0.1, 0.15) is 0 Å². The van der Waals surface area contributed by atoms with Gasteiger partial charge >= 0.3 is 0 Å². The molecule has 0 radical (unpaired) electrons. The number of halogens is 1. The minimum absolute atomic E-state index is 0.932. The Morgan fingerprint density at radius 1 is 0.613 bits per heavy atom. The summed E-state index contributed by atoms with van der Waals surface area (Å²) in [6, 6.07) is 29.3. The van der Waals surface area contributed by atoms with Crippen LogP contribution in [0.25, 0.3) is 55.1 Å². The molecule has 0 saturated heterocycles. The number of aromatic nitrogens is 3. The van der Waals surface area contributed by atoms with Gasteiger partial charge in [-0.1, -0.05) is 64.5 Å². The lowest BCUT2D eigenvalue weighted by atomic mass is 9.98. The fourth-order valence-corrected chi connectivity index (χ4v) is 4.46. The van der Waals surface area contributed by atoms with E-state index in [4.69, 9.17) is 4.98 Å². The lowest BCUT2D eigenvalue weighted by molar-refractivity contribution is 1.37. The third-order valence-corrected chi connectivity index (χ3v) is 6.12. The quantitative estimate of drug-likeness (QED) is 0.251. The number of rotatable bonds is 2. The van der Waals surface area contributed by atoms with Crippen LogP contribution < -0.4 is 0 Å². The van der Waals surface area contributed by atoms with Gasteiger partial charge in [0, 0.05) is 38.6 Å². The number of hydrogen-bond donors (Lipinski definition) is 0. The van der Waals surface area contributed by atoms with E-state index in [9.17, 15) is 0 Å². The smallest absolute Gasteiger partial charge is 0.0970 e. The summed E-state index contributed by atoms with van der Waals surface area (Å²) < 4.78 is 1.06. The third-order valence-electron chi connectivity index (χ3n) is 5.63. The van der Waals surface area contributed by atoms with Crippen molar-refractivity contribution in [2.45, 2.75) is 0 Å². The molecule has 6 aromatic rings. The number of hydrogen-bond acceptors (Lipinski definition) is 3. The maximum atomic E-state index is 4.83. The Kier molecular flexibility index (Phi) is 4.25. The largest absolute Gasteiger partial charge is 0.254 e. The van der Waals surface area contributed by atoms with Crippen LogP contribution in [-0.4, -0.2) is 15.0 Å². The average Bonchev–Trinajstić information content (AvgIpc) is 2.83. The minimum Gasteiger partial charge on any atom is -0.254 e. The van der Waals surface area contributed by atoms with Crippen molar-refractivity contribution in [3.8, 4) is 22.4 Å². The first-order valence-corrected chi connectivity index (χ1v) is 10.9. The van der Waals surface area contributed by atoms with Gasteiger partial charge in [0.1, 0.15) is 0 Å². The van der Waals surface area contributed by atoms with E-state index in [-0.39, 0.29) is 0 Å². The molecule has 31 heavy (non-hydrogen) atoms. The summed E-state index contributed by atoms with van der Waals surface area (Å²) in [5.74, 6) is 0. The van der Waals surface area contributed by atoms with Gasteiger partial charge in [-0.15, -0.1) is 0 Å². The molecule has 3 aromatic carbocycles. The fraction of sp³-hybridized carbons (Fsp3) is 0. The van der Waals surface area contributed by atoms with Crippen LogP contribution in [0.2, 0.25) is 0 Å². The molecule has 146 valence electrons. The second-order valence-corrected chi connectivity index (χ2v) is 8.42. The van der Waals surface area contributed by atoms with Gasteiger partial charge in [0.15, 0.2) is 0 Å². The van der Waals surface area contributed by atoms with E-state index in [1.807, 2.05) is 30.6 Å². The van der Waals surface area contributed by atoms with Crippen LogP contribution in [0.3, 0.4) is 0 Å². The third kappa shape index (κ3) is 3.16. The molecule has 0 unspecified atom stereocenters. The highest BCUT2D eigenvalue weighted by Gasteiger charge is 2.09. The molecular weight excluding hydrogens is 446 g/mol. The number of pyridine rings is 3. The van der Waals surface area contributed by atoms with E-state index in [0.29, 0.717) is 0 Å². The van der Waals surface area contributed by atoms with Gasteiger partial charge in [0.2, 0.25) is 0 Å². The SMILES string of the molecule is Brc1ccc2nc(-c3ccc(-c4ccnc5c4ccc4cccnc45)cc3)ccc2c1. The predicted molar refractivity (Wildman–Crippen MR) is 131 cm³/mol. The van der Waals surface area contributed by atoms with Gasteiger partial charge in [-0.25, -0.2) is 4.98 Å². The molecule has 0 saturated carbocycles. The van der Waals surface area contributed by atoms with Gasteiger partial charge in [-0.3, -0.25) is 9.97 Å². The van der Waals surface area contributed by atoms with Crippen molar-refractivity contribution >= 4 is 48.6 Å². The van der Waals surface area contributed by atoms with E-state index in [0.717, 1.165) is 59.6 Å². The van der Waals surface area contributed by atoms with Crippen LogP contribution in [0.5, 0.6) is 0 Å². The summed E-state index contributed by atoms with van der Waals surface area (Å²) >= 11 is 3.52. The van der Waals surface area contributed by atoms with Gasteiger partial charge < -0.3 is 0 Å². The molecule has 0 aliphatic heterocycles. The van der Waals surface area contributed by atoms with Crippen LogP contribution in [-0.2, 0) is 0 Å². The van der Waals surface area contributed by atoms with Crippen molar-refractivity contribution < 1.29 is 0 Å². The molecule has 3 nitrogen and oxygen atoms in total. The standard InChI is InChI=1S/C27H16BrN3/c28-21-9-12-25-20(16-21)8-11-24(31-25)18-5-3-17(4-6-18)22-13-15-30-27-23(22)10-7-19-2-1-14-29-26(19)27/h1-16H. The lowest BCUT2D eigenvalue weighted by Crippen LogP contribution is -1.89. The van der Waals surface area contributed by atoms with Crippen LogP contribution in [0.4, 0.5) is 0 Å². The summed E-state index contributed by atoms with van der Waals surface area (Å²) in [6.07, 6.45) is 3.68. The van der Waals surface area contributed by atoms with Crippen molar-refractivity contribution in [2.75, 3.05) is 0 Å². The zero-order chi connectivity index (χ0) is 20.8. The molecule has 0 spiro atoms. The first kappa shape index (κ1) is 18.2. The molecular formula is C27H16BrN3. The maximum Gasteiger partial charge on any atom is 0.0970 e. The Morgan fingerprint density at radius 3 is 2.32 bits per heavy atom. The van der Waals surface area contributed by atoms with Gasteiger partial charge in [-0.2, -0.15) is 0 Å². The summed E-state index contributed by atoms with van der Waals surface area (Å²) in [7, 11) is 0. The average molecular weight is 462 g/mol. The second kappa shape index (κ2) is 7.25. The number of benzene rings is 3. The minimum atomic E-state index is 0.932. The summed E-state index contributed by atoms with van der Waals surface area (Å²) in [5.41, 5.74) is 7.23. The van der Waals surface area contributed by atoms with Crippen molar-refractivity contribution in [2.24, 2.45) is 0 Å².